The van der Waals surface area contributed by atoms with Gasteiger partial charge in [-0.15, -0.1) is 0 Å². The molecule has 0 saturated carbocycles. The van der Waals surface area contributed by atoms with Gasteiger partial charge in [0.15, 0.2) is 0 Å². The number of fused-ring (bicyclic) bond motifs is 2. The van der Waals surface area contributed by atoms with Crippen LogP contribution in [0.4, 0.5) is 15.1 Å². The summed E-state index contributed by atoms with van der Waals surface area (Å²) in [6.45, 7) is 0. The number of anilines is 3. The SMILES string of the molecule is c1c[te]c(N2c3ccccc3[Te]c3ccccc32)c1. The molecule has 0 N–H and O–H groups in total. The van der Waals surface area contributed by atoms with Crippen molar-refractivity contribution in [1.82, 2.24) is 0 Å². The Hall–Kier alpha value is -0.701. The average Bonchev–Trinajstić information content (AvgIpc) is 2.98. The molecule has 0 fully saturated rings. The van der Waals surface area contributed by atoms with E-state index >= 15 is 0 Å². The third-order valence-corrected chi connectivity index (χ3v) is 8.82. The summed E-state index contributed by atoms with van der Waals surface area (Å²) in [5.74, 6) is 0. The summed E-state index contributed by atoms with van der Waals surface area (Å²) in [5.41, 5.74) is 2.84. The molecule has 2 heterocycles. The molecule has 3 aromatic rings. The van der Waals surface area contributed by atoms with Crippen molar-refractivity contribution in [2.24, 2.45) is 0 Å². The minimum atomic E-state index is -0.240. The quantitative estimate of drug-likeness (QED) is 0.384. The third kappa shape index (κ3) is 2.06. The third-order valence-electron chi connectivity index (χ3n) is 3.16. The van der Waals surface area contributed by atoms with Crippen LogP contribution in [0.2, 0.25) is 0 Å². The summed E-state index contributed by atoms with van der Waals surface area (Å²) < 4.78 is 6.99. The van der Waals surface area contributed by atoms with Crippen molar-refractivity contribution in [3.63, 3.8) is 0 Å². The topological polar surface area (TPSA) is 3.24 Å². The Kier molecular flexibility index (Phi) is 3.18. The van der Waals surface area contributed by atoms with Gasteiger partial charge in [0.25, 0.3) is 0 Å². The Bertz CT molecular complexity index is 674. The molecule has 92 valence electrons. The van der Waals surface area contributed by atoms with Crippen molar-refractivity contribution in [1.29, 1.82) is 0 Å². The number of benzene rings is 2. The molecular weight excluding hydrogens is 461 g/mol. The van der Waals surface area contributed by atoms with E-state index in [9.17, 15) is 0 Å². The Labute approximate surface area is 132 Å². The fourth-order valence-electron chi connectivity index (χ4n) is 2.34. The van der Waals surface area contributed by atoms with Gasteiger partial charge in [-0.25, -0.2) is 0 Å². The zero-order chi connectivity index (χ0) is 12.7. The summed E-state index contributed by atoms with van der Waals surface area (Å²) in [5, 5.41) is 0. The normalized spacial score (nSPS) is 12.9. The van der Waals surface area contributed by atoms with Crippen LogP contribution in [-0.4, -0.2) is 41.4 Å². The molecule has 0 aliphatic carbocycles. The van der Waals surface area contributed by atoms with Gasteiger partial charge >= 0.3 is 133 Å². The van der Waals surface area contributed by atoms with E-state index in [1.807, 2.05) is 0 Å². The van der Waals surface area contributed by atoms with Crippen molar-refractivity contribution in [3.8, 4) is 0 Å². The van der Waals surface area contributed by atoms with E-state index in [0.29, 0.717) is 0 Å². The van der Waals surface area contributed by atoms with Crippen molar-refractivity contribution in [2.45, 2.75) is 0 Å². The molecule has 3 heteroatoms. The van der Waals surface area contributed by atoms with Gasteiger partial charge in [-0.3, -0.25) is 0 Å². The molecule has 2 aromatic carbocycles. The maximum absolute atomic E-state index is 2.50. The molecule has 0 atom stereocenters. The van der Waals surface area contributed by atoms with Crippen LogP contribution in [0.1, 0.15) is 0 Å². The second kappa shape index (κ2) is 5.01. The van der Waals surface area contributed by atoms with E-state index in [1.54, 1.807) is 7.22 Å². The van der Waals surface area contributed by atoms with Gasteiger partial charge in [-0.1, -0.05) is 0 Å². The first-order chi connectivity index (χ1) is 9.43. The summed E-state index contributed by atoms with van der Waals surface area (Å²) in [6.07, 6.45) is 0. The first-order valence-corrected chi connectivity index (χ1v) is 11.0. The van der Waals surface area contributed by atoms with E-state index in [4.69, 9.17) is 0 Å². The molecule has 0 unspecified atom stereocenters. The van der Waals surface area contributed by atoms with Crippen molar-refractivity contribution in [2.75, 3.05) is 4.90 Å². The van der Waals surface area contributed by atoms with Crippen molar-refractivity contribution < 1.29 is 0 Å². The van der Waals surface area contributed by atoms with Crippen molar-refractivity contribution in [3.05, 3.63) is 64.7 Å². The van der Waals surface area contributed by atoms with Crippen LogP contribution in [-0.2, 0) is 0 Å². The second-order valence-electron chi connectivity index (χ2n) is 4.32. The summed E-state index contributed by atoms with van der Waals surface area (Å²) >= 11 is -0.404. The van der Waals surface area contributed by atoms with Crippen LogP contribution in [0.3, 0.4) is 0 Å². The van der Waals surface area contributed by atoms with Gasteiger partial charge in [-0.05, 0) is 0 Å². The zero-order valence-corrected chi connectivity index (χ0v) is 14.8. The van der Waals surface area contributed by atoms with Crippen molar-refractivity contribution >= 4 is 63.7 Å². The van der Waals surface area contributed by atoms with E-state index in [-0.39, 0.29) is 41.4 Å². The van der Waals surface area contributed by atoms with Crippen LogP contribution >= 0.6 is 0 Å². The molecular formula is C16H11NTe2. The molecule has 19 heavy (non-hydrogen) atoms. The summed E-state index contributed by atoms with van der Waals surface area (Å²) in [7, 11) is 0. The standard InChI is InChI=1S/C16H11NTe2/c1-3-8-14-12(6-1)17(16-10-5-11-18-16)13-7-2-4-9-15(13)19-14/h1-11H. The predicted molar refractivity (Wildman–Crippen MR) is 83.1 cm³/mol. The molecule has 0 radical (unpaired) electrons. The summed E-state index contributed by atoms with van der Waals surface area (Å²) in [4.78, 5) is 2.50. The van der Waals surface area contributed by atoms with E-state index in [0.717, 1.165) is 0 Å². The molecule has 1 aliphatic heterocycles. The first-order valence-electron chi connectivity index (χ1n) is 6.13. The van der Waals surface area contributed by atoms with Gasteiger partial charge < -0.3 is 0 Å². The molecule has 1 aliphatic rings. The Morgan fingerprint density at radius 2 is 1.32 bits per heavy atom. The van der Waals surface area contributed by atoms with Gasteiger partial charge in [0.1, 0.15) is 0 Å². The number of hydrogen-bond acceptors (Lipinski definition) is 1. The van der Waals surface area contributed by atoms with E-state index in [1.165, 1.54) is 15.1 Å². The second-order valence-corrected chi connectivity index (χ2v) is 10.1. The van der Waals surface area contributed by atoms with Gasteiger partial charge in [0.05, 0.1) is 0 Å². The van der Waals surface area contributed by atoms with Crippen LogP contribution in [0, 0.1) is 0 Å². The number of rotatable bonds is 1. The Morgan fingerprint density at radius 3 is 1.89 bits per heavy atom. The molecule has 0 bridgehead atoms. The van der Waals surface area contributed by atoms with Gasteiger partial charge in [-0.2, -0.15) is 0 Å². The number of hydrogen-bond donors (Lipinski definition) is 0. The molecule has 0 spiro atoms. The van der Waals surface area contributed by atoms with Crippen LogP contribution in [0.15, 0.2) is 64.7 Å². The van der Waals surface area contributed by atoms with Crippen LogP contribution in [0.5, 0.6) is 0 Å². The van der Waals surface area contributed by atoms with E-state index < -0.39 is 0 Å². The molecule has 0 saturated heterocycles. The van der Waals surface area contributed by atoms with Gasteiger partial charge in [0.2, 0.25) is 0 Å². The monoisotopic (exact) mass is 477 g/mol. The van der Waals surface area contributed by atoms with E-state index in [2.05, 4.69) is 69.6 Å². The Morgan fingerprint density at radius 1 is 0.684 bits per heavy atom. The van der Waals surface area contributed by atoms with Gasteiger partial charge in [0, 0.05) is 0 Å². The van der Waals surface area contributed by atoms with Crippen LogP contribution < -0.4 is 12.1 Å². The fraction of sp³-hybridized carbons (Fsp3) is 0. The molecule has 1 aromatic heterocycles. The number of para-hydroxylation sites is 2. The predicted octanol–water partition coefficient (Wildman–Crippen LogP) is 2.18. The molecule has 0 amide bonds. The maximum atomic E-state index is 2.50. The number of nitrogens with zero attached hydrogens (tertiary/aromatic N) is 1. The molecule has 1 nitrogen and oxygen atoms in total. The Balaban J connectivity index is 1.98. The fourth-order valence-corrected chi connectivity index (χ4v) is 7.52. The van der Waals surface area contributed by atoms with Crippen LogP contribution in [0.25, 0.3) is 0 Å². The first kappa shape index (κ1) is 12.1. The minimum absolute atomic E-state index is 0.164. The molecule has 4 rings (SSSR count). The summed E-state index contributed by atoms with van der Waals surface area (Å²) in [6, 6.07) is 22.4. The zero-order valence-electron chi connectivity index (χ0n) is 10.1. The average molecular weight is 472 g/mol.